The molecule has 0 aromatic heterocycles. The van der Waals surface area contributed by atoms with E-state index in [0.717, 1.165) is 9.83 Å². The highest BCUT2D eigenvalue weighted by Gasteiger charge is 2.24. The Morgan fingerprint density at radius 3 is 2.27 bits per heavy atom. The summed E-state index contributed by atoms with van der Waals surface area (Å²) in [6.07, 6.45) is 11.4. The first-order valence-electron chi connectivity index (χ1n) is 6.63. The maximum atomic E-state index is 2.30. The maximum absolute atomic E-state index is 2.30. The number of hydrogen-bond acceptors (Lipinski definition) is 2. The molecule has 1 aliphatic heterocycles. The Labute approximate surface area is 104 Å². The van der Waals surface area contributed by atoms with Crippen molar-refractivity contribution in [3.05, 3.63) is 0 Å². The van der Waals surface area contributed by atoms with Crippen molar-refractivity contribution < 1.29 is 0 Å². The fraction of sp³-hybridized carbons (Fsp3) is 1.00. The SMILES string of the molecule is CCCCCC1CSC(CCCCC)S1. The molecule has 1 rings (SSSR count). The lowest BCUT2D eigenvalue weighted by Crippen LogP contribution is -2.00. The third-order valence-electron chi connectivity index (χ3n) is 2.99. The first-order chi connectivity index (χ1) is 7.36. The minimum atomic E-state index is 0.933. The predicted molar refractivity (Wildman–Crippen MR) is 75.9 cm³/mol. The molecule has 2 unspecified atom stereocenters. The molecule has 90 valence electrons. The molecule has 1 aliphatic rings. The van der Waals surface area contributed by atoms with Crippen LogP contribution in [0.15, 0.2) is 0 Å². The van der Waals surface area contributed by atoms with Crippen LogP contribution in [0.4, 0.5) is 0 Å². The Hall–Kier alpha value is 0.700. The molecule has 0 bridgehead atoms. The summed E-state index contributed by atoms with van der Waals surface area (Å²) in [5.74, 6) is 1.42. The third kappa shape index (κ3) is 6.11. The second kappa shape index (κ2) is 8.81. The van der Waals surface area contributed by atoms with E-state index in [1.54, 1.807) is 0 Å². The second-order valence-electron chi connectivity index (χ2n) is 4.51. The van der Waals surface area contributed by atoms with E-state index >= 15 is 0 Å². The molecule has 1 heterocycles. The van der Waals surface area contributed by atoms with Crippen LogP contribution in [0.25, 0.3) is 0 Å². The summed E-state index contributed by atoms with van der Waals surface area (Å²) in [5, 5.41) is 0.980. The highest BCUT2D eigenvalue weighted by Crippen LogP contribution is 2.42. The van der Waals surface area contributed by atoms with Crippen LogP contribution in [0.5, 0.6) is 0 Å². The van der Waals surface area contributed by atoms with Gasteiger partial charge in [0.05, 0.1) is 4.58 Å². The lowest BCUT2D eigenvalue weighted by atomic mass is 10.2. The molecule has 0 radical (unpaired) electrons. The molecule has 2 atom stereocenters. The average molecular weight is 246 g/mol. The zero-order valence-corrected chi connectivity index (χ0v) is 12.0. The molecule has 0 amide bonds. The largest absolute Gasteiger partial charge is 0.146 e. The van der Waals surface area contributed by atoms with Gasteiger partial charge in [0.2, 0.25) is 0 Å². The molecule has 0 N–H and O–H groups in total. The van der Waals surface area contributed by atoms with Crippen LogP contribution in [-0.2, 0) is 0 Å². The van der Waals surface area contributed by atoms with Crippen molar-refractivity contribution in [2.75, 3.05) is 5.75 Å². The molecular weight excluding hydrogens is 220 g/mol. The standard InChI is InChI=1S/C13H26S2/c1-3-5-7-9-12-11-14-13(15-12)10-8-6-4-2/h12-13H,3-11H2,1-2H3. The summed E-state index contributed by atoms with van der Waals surface area (Å²) in [5.41, 5.74) is 0. The summed E-state index contributed by atoms with van der Waals surface area (Å²) in [6.45, 7) is 4.59. The van der Waals surface area contributed by atoms with Crippen LogP contribution < -0.4 is 0 Å². The third-order valence-corrected chi connectivity index (χ3v) is 6.47. The number of thioether (sulfide) groups is 2. The topological polar surface area (TPSA) is 0 Å². The van der Waals surface area contributed by atoms with Gasteiger partial charge in [-0.15, -0.1) is 23.5 Å². The highest BCUT2D eigenvalue weighted by molar-refractivity contribution is 8.20. The van der Waals surface area contributed by atoms with Crippen molar-refractivity contribution in [3.63, 3.8) is 0 Å². The molecule has 1 saturated heterocycles. The molecule has 0 saturated carbocycles. The Balaban J connectivity index is 1.99. The van der Waals surface area contributed by atoms with E-state index in [1.165, 1.54) is 57.1 Å². The van der Waals surface area contributed by atoms with E-state index in [1.807, 2.05) is 0 Å². The van der Waals surface area contributed by atoms with Crippen molar-refractivity contribution in [1.29, 1.82) is 0 Å². The van der Waals surface area contributed by atoms with E-state index < -0.39 is 0 Å². The smallest absolute Gasteiger partial charge is 0.0506 e. The second-order valence-corrected chi connectivity index (χ2v) is 7.55. The summed E-state index contributed by atoms with van der Waals surface area (Å²) in [7, 11) is 0. The van der Waals surface area contributed by atoms with Gasteiger partial charge in [0, 0.05) is 11.0 Å². The van der Waals surface area contributed by atoms with Crippen LogP contribution >= 0.6 is 23.5 Å². The minimum Gasteiger partial charge on any atom is -0.146 e. The van der Waals surface area contributed by atoms with Gasteiger partial charge in [-0.05, 0) is 12.8 Å². The van der Waals surface area contributed by atoms with Gasteiger partial charge < -0.3 is 0 Å². The normalized spacial score (nSPS) is 26.0. The fourth-order valence-electron chi connectivity index (χ4n) is 1.99. The molecule has 0 aromatic carbocycles. The zero-order valence-electron chi connectivity index (χ0n) is 10.3. The quantitative estimate of drug-likeness (QED) is 0.531. The number of hydrogen-bond donors (Lipinski definition) is 0. The van der Waals surface area contributed by atoms with Crippen LogP contribution in [0.3, 0.4) is 0 Å². The van der Waals surface area contributed by atoms with Gasteiger partial charge in [0.1, 0.15) is 0 Å². The van der Waals surface area contributed by atoms with E-state index in [0.29, 0.717) is 0 Å². The Morgan fingerprint density at radius 1 is 0.933 bits per heavy atom. The Kier molecular flexibility index (Phi) is 8.08. The lowest BCUT2D eigenvalue weighted by Gasteiger charge is -2.09. The van der Waals surface area contributed by atoms with Gasteiger partial charge in [-0.3, -0.25) is 0 Å². The van der Waals surface area contributed by atoms with Crippen molar-refractivity contribution in [1.82, 2.24) is 0 Å². The molecular formula is C13H26S2. The zero-order chi connectivity index (χ0) is 10.9. The summed E-state index contributed by atoms with van der Waals surface area (Å²) in [6, 6.07) is 0. The minimum absolute atomic E-state index is 0.933. The van der Waals surface area contributed by atoms with Gasteiger partial charge in [0.15, 0.2) is 0 Å². The van der Waals surface area contributed by atoms with Crippen molar-refractivity contribution in [3.8, 4) is 0 Å². The summed E-state index contributed by atoms with van der Waals surface area (Å²) < 4.78 is 0.933. The van der Waals surface area contributed by atoms with E-state index in [-0.39, 0.29) is 0 Å². The van der Waals surface area contributed by atoms with Crippen LogP contribution in [0, 0.1) is 0 Å². The van der Waals surface area contributed by atoms with Gasteiger partial charge in [-0.1, -0.05) is 52.4 Å². The van der Waals surface area contributed by atoms with Gasteiger partial charge in [-0.25, -0.2) is 0 Å². The van der Waals surface area contributed by atoms with Gasteiger partial charge >= 0.3 is 0 Å². The van der Waals surface area contributed by atoms with Crippen molar-refractivity contribution in [2.24, 2.45) is 0 Å². The molecule has 0 aliphatic carbocycles. The number of rotatable bonds is 8. The highest BCUT2D eigenvalue weighted by atomic mass is 32.2. The van der Waals surface area contributed by atoms with Crippen molar-refractivity contribution >= 4 is 23.5 Å². The Bertz CT molecular complexity index is 131. The first-order valence-corrected chi connectivity index (χ1v) is 8.63. The molecule has 0 nitrogen and oxygen atoms in total. The van der Waals surface area contributed by atoms with E-state index in [9.17, 15) is 0 Å². The molecule has 0 aromatic rings. The van der Waals surface area contributed by atoms with E-state index in [4.69, 9.17) is 0 Å². The summed E-state index contributed by atoms with van der Waals surface area (Å²) in [4.78, 5) is 0. The number of unbranched alkanes of at least 4 members (excludes halogenated alkanes) is 4. The monoisotopic (exact) mass is 246 g/mol. The van der Waals surface area contributed by atoms with Gasteiger partial charge in [0.25, 0.3) is 0 Å². The molecule has 2 heteroatoms. The Morgan fingerprint density at radius 2 is 1.60 bits per heavy atom. The predicted octanol–water partition coefficient (Wildman–Crippen LogP) is 5.32. The van der Waals surface area contributed by atoms with Crippen LogP contribution in [-0.4, -0.2) is 15.6 Å². The van der Waals surface area contributed by atoms with Gasteiger partial charge in [-0.2, -0.15) is 0 Å². The molecule has 0 spiro atoms. The van der Waals surface area contributed by atoms with Crippen LogP contribution in [0.2, 0.25) is 0 Å². The first kappa shape index (κ1) is 13.8. The molecule has 15 heavy (non-hydrogen) atoms. The van der Waals surface area contributed by atoms with Crippen LogP contribution in [0.1, 0.15) is 65.2 Å². The maximum Gasteiger partial charge on any atom is 0.0506 e. The fourth-order valence-corrected chi connectivity index (χ4v) is 5.53. The van der Waals surface area contributed by atoms with Crippen molar-refractivity contribution in [2.45, 2.75) is 75.0 Å². The van der Waals surface area contributed by atoms with E-state index in [2.05, 4.69) is 37.4 Å². The summed E-state index contributed by atoms with van der Waals surface area (Å²) >= 11 is 4.50. The average Bonchev–Trinajstić information content (AvgIpc) is 2.67. The molecule has 1 fully saturated rings. The lowest BCUT2D eigenvalue weighted by molar-refractivity contribution is 0.668.